The van der Waals surface area contributed by atoms with E-state index in [2.05, 4.69) is 0 Å². The van der Waals surface area contributed by atoms with E-state index in [-0.39, 0.29) is 24.3 Å². The highest BCUT2D eigenvalue weighted by atomic mass is 35.5. The first kappa shape index (κ1) is 26.9. The van der Waals surface area contributed by atoms with Crippen molar-refractivity contribution in [3.8, 4) is 0 Å². The minimum atomic E-state index is -1.03. The van der Waals surface area contributed by atoms with Crippen molar-refractivity contribution in [3.05, 3.63) is 69.7 Å². The van der Waals surface area contributed by atoms with Crippen LogP contribution in [0.2, 0.25) is 10.0 Å². The Morgan fingerprint density at radius 3 is 2.36 bits per heavy atom. The molecular formula is C28H33Cl2NO5. The number of carbonyl (C=O) groups excluding carboxylic acids is 1. The van der Waals surface area contributed by atoms with Crippen LogP contribution in [-0.4, -0.2) is 46.4 Å². The smallest absolute Gasteiger partial charge is 0.326 e. The van der Waals surface area contributed by atoms with Gasteiger partial charge in [-0.3, -0.25) is 4.79 Å². The number of amides is 1. The summed E-state index contributed by atoms with van der Waals surface area (Å²) in [6.07, 6.45) is 0.936. The summed E-state index contributed by atoms with van der Waals surface area (Å²) in [7, 11) is 0. The van der Waals surface area contributed by atoms with Crippen LogP contribution in [-0.2, 0) is 19.1 Å². The van der Waals surface area contributed by atoms with Crippen LogP contribution in [0.5, 0.6) is 0 Å². The molecule has 0 saturated carbocycles. The first-order chi connectivity index (χ1) is 16.9. The molecule has 2 aromatic carbocycles. The predicted molar refractivity (Wildman–Crippen MR) is 139 cm³/mol. The van der Waals surface area contributed by atoms with E-state index in [0.717, 1.165) is 11.1 Å². The van der Waals surface area contributed by atoms with Gasteiger partial charge in [0.05, 0.1) is 18.8 Å². The zero-order chi connectivity index (χ0) is 26.3. The van der Waals surface area contributed by atoms with E-state index in [0.29, 0.717) is 29.5 Å². The molecule has 2 saturated heterocycles. The minimum absolute atomic E-state index is 0.191. The Morgan fingerprint density at radius 2 is 1.81 bits per heavy atom. The highest BCUT2D eigenvalue weighted by Crippen LogP contribution is 2.53. The maximum atomic E-state index is 14.3. The summed E-state index contributed by atoms with van der Waals surface area (Å²) >= 11 is 12.6. The average molecular weight is 534 g/mol. The molecule has 4 rings (SSSR count). The molecule has 2 aliphatic rings. The number of halogens is 2. The maximum absolute atomic E-state index is 14.3. The first-order valence-electron chi connectivity index (χ1n) is 12.3. The Labute approximate surface area is 222 Å². The molecule has 8 heteroatoms. The molecule has 0 spiro atoms. The molecule has 1 N–H and O–H groups in total. The highest BCUT2D eigenvalue weighted by molar-refractivity contribution is 6.30. The molecule has 1 amide bonds. The number of likely N-dealkylation sites (tertiary alicyclic amines) is 1. The maximum Gasteiger partial charge on any atom is 0.326 e. The van der Waals surface area contributed by atoms with Gasteiger partial charge >= 0.3 is 5.97 Å². The molecule has 2 aromatic rings. The van der Waals surface area contributed by atoms with E-state index < -0.39 is 29.3 Å². The van der Waals surface area contributed by atoms with E-state index in [9.17, 15) is 14.7 Å². The minimum Gasteiger partial charge on any atom is -0.480 e. The van der Waals surface area contributed by atoms with E-state index >= 15 is 0 Å². The van der Waals surface area contributed by atoms with Crippen LogP contribution in [0, 0.1) is 5.41 Å². The number of carboxylic acid groups (broad SMARTS) is 1. The van der Waals surface area contributed by atoms with E-state index in [1.54, 1.807) is 24.0 Å². The Morgan fingerprint density at radius 1 is 1.11 bits per heavy atom. The van der Waals surface area contributed by atoms with Gasteiger partial charge in [-0.05, 0) is 68.5 Å². The van der Waals surface area contributed by atoms with Crippen molar-refractivity contribution in [2.24, 2.45) is 5.41 Å². The second-order valence-corrected chi connectivity index (χ2v) is 11.4. The Kier molecular flexibility index (Phi) is 7.73. The van der Waals surface area contributed by atoms with Crippen molar-refractivity contribution in [2.45, 2.75) is 76.9 Å². The zero-order valence-corrected chi connectivity index (χ0v) is 22.6. The van der Waals surface area contributed by atoms with Crippen LogP contribution in [0.25, 0.3) is 0 Å². The van der Waals surface area contributed by atoms with Crippen molar-refractivity contribution < 1.29 is 24.2 Å². The topological polar surface area (TPSA) is 76.1 Å². The zero-order valence-electron chi connectivity index (χ0n) is 21.0. The van der Waals surface area contributed by atoms with Gasteiger partial charge in [0.25, 0.3) is 0 Å². The number of benzene rings is 2. The van der Waals surface area contributed by atoms with Gasteiger partial charge in [-0.1, -0.05) is 61.3 Å². The summed E-state index contributed by atoms with van der Waals surface area (Å²) < 4.78 is 11.8. The number of nitrogens with zero attached hydrogens (tertiary/aromatic N) is 1. The summed E-state index contributed by atoms with van der Waals surface area (Å²) in [6.45, 7) is 7.80. The van der Waals surface area contributed by atoms with Crippen LogP contribution in [0.3, 0.4) is 0 Å². The van der Waals surface area contributed by atoms with Gasteiger partial charge in [-0.25, -0.2) is 4.79 Å². The molecule has 0 aromatic heterocycles. The molecule has 6 nitrogen and oxygen atoms in total. The van der Waals surface area contributed by atoms with Gasteiger partial charge in [0.1, 0.15) is 6.04 Å². The lowest BCUT2D eigenvalue weighted by atomic mass is 9.66. The van der Waals surface area contributed by atoms with Crippen LogP contribution >= 0.6 is 23.2 Å². The van der Waals surface area contributed by atoms with Gasteiger partial charge in [0.2, 0.25) is 5.91 Å². The quantitative estimate of drug-likeness (QED) is 0.441. The molecule has 5 atom stereocenters. The second-order valence-electron chi connectivity index (χ2n) is 10.6. The molecule has 0 bridgehead atoms. The molecule has 2 aliphatic heterocycles. The van der Waals surface area contributed by atoms with Crippen molar-refractivity contribution in [2.75, 3.05) is 6.61 Å². The molecule has 36 heavy (non-hydrogen) atoms. The summed E-state index contributed by atoms with van der Waals surface area (Å²) in [4.78, 5) is 28.4. The number of hydrogen-bond acceptors (Lipinski definition) is 4. The number of aliphatic carboxylic acids is 1. The van der Waals surface area contributed by atoms with Crippen molar-refractivity contribution in [1.82, 2.24) is 4.90 Å². The largest absolute Gasteiger partial charge is 0.480 e. The summed E-state index contributed by atoms with van der Waals surface area (Å²) in [6, 6.07) is 13.4. The van der Waals surface area contributed by atoms with Crippen molar-refractivity contribution >= 4 is 35.1 Å². The first-order valence-corrected chi connectivity index (χ1v) is 13.1. The Hall–Kier alpha value is -2.12. The third-order valence-corrected chi connectivity index (χ3v) is 7.83. The number of hydrogen-bond donors (Lipinski definition) is 1. The standard InChI is InChI=1S/C28H33Cl2NO5/c1-5-23(25(32)33)31-24(17-9-11-19(29)12-10-17)22(18-7-6-8-20(30)13-18)15-28(4,26(31)34)14-21-16-35-27(2,3)36-21/h6-13,21-24H,5,14-16H2,1-4H3,(H,32,33)/t21?,22-,23?,24-,28+/m1/s1. The number of rotatable bonds is 7. The molecule has 2 unspecified atom stereocenters. The van der Waals surface area contributed by atoms with E-state index in [1.165, 1.54) is 0 Å². The number of ether oxygens (including phenoxy) is 2. The molecule has 0 radical (unpaired) electrons. The summed E-state index contributed by atoms with van der Waals surface area (Å²) in [5, 5.41) is 11.4. The third kappa shape index (κ3) is 5.42. The van der Waals surface area contributed by atoms with Crippen LogP contribution in [0.15, 0.2) is 48.5 Å². The predicted octanol–water partition coefficient (Wildman–Crippen LogP) is 6.46. The lowest BCUT2D eigenvalue weighted by molar-refractivity contribution is -0.168. The van der Waals surface area contributed by atoms with Crippen molar-refractivity contribution in [1.29, 1.82) is 0 Å². The molecular weight excluding hydrogens is 501 g/mol. The SMILES string of the molecule is CCC(C(=O)O)N1C(=O)[C@@](C)(CC2COC(C)(C)O2)C[C@H](c2cccc(Cl)c2)[C@H]1c1ccc(Cl)cc1. The molecule has 2 heterocycles. The molecule has 194 valence electrons. The van der Waals surface area contributed by atoms with Crippen LogP contribution in [0.4, 0.5) is 0 Å². The van der Waals surface area contributed by atoms with Gasteiger partial charge in [-0.2, -0.15) is 0 Å². The fraction of sp³-hybridized carbons (Fsp3) is 0.500. The highest BCUT2D eigenvalue weighted by Gasteiger charge is 2.54. The Bertz CT molecular complexity index is 1120. The number of piperidine rings is 1. The van der Waals surface area contributed by atoms with E-state index in [4.69, 9.17) is 32.7 Å². The van der Waals surface area contributed by atoms with Crippen LogP contribution in [0.1, 0.15) is 70.0 Å². The summed E-state index contributed by atoms with van der Waals surface area (Å²) in [5.74, 6) is -2.14. The van der Waals surface area contributed by atoms with Gasteiger partial charge in [0, 0.05) is 21.4 Å². The summed E-state index contributed by atoms with van der Waals surface area (Å²) in [5.41, 5.74) is 0.920. The number of carboxylic acids is 1. The average Bonchev–Trinajstić information content (AvgIpc) is 3.15. The lowest BCUT2D eigenvalue weighted by Crippen LogP contribution is -2.58. The van der Waals surface area contributed by atoms with Gasteiger partial charge < -0.3 is 19.5 Å². The third-order valence-electron chi connectivity index (χ3n) is 7.34. The monoisotopic (exact) mass is 533 g/mol. The lowest BCUT2D eigenvalue weighted by Gasteiger charge is -2.51. The second kappa shape index (κ2) is 10.3. The normalized spacial score (nSPS) is 28.8. The van der Waals surface area contributed by atoms with Gasteiger partial charge in [-0.15, -0.1) is 0 Å². The van der Waals surface area contributed by atoms with Gasteiger partial charge in [0.15, 0.2) is 5.79 Å². The van der Waals surface area contributed by atoms with Crippen molar-refractivity contribution in [3.63, 3.8) is 0 Å². The van der Waals surface area contributed by atoms with E-state index in [1.807, 2.05) is 57.2 Å². The number of carbonyl (C=O) groups is 2. The molecule has 2 fully saturated rings. The fourth-order valence-corrected chi connectivity index (χ4v) is 6.09. The van der Waals surface area contributed by atoms with Crippen LogP contribution < -0.4 is 0 Å². The molecule has 0 aliphatic carbocycles. The fourth-order valence-electron chi connectivity index (χ4n) is 5.77. The Balaban J connectivity index is 1.85.